The molecule has 10 aromatic rings. The van der Waals surface area contributed by atoms with Gasteiger partial charge in [-0.15, -0.1) is 0 Å². The first kappa shape index (κ1) is 91.9. The Morgan fingerprint density at radius 1 is 0.545 bits per heavy atom. The summed E-state index contributed by atoms with van der Waals surface area (Å²) in [6.45, 7) is 7.35. The third kappa shape index (κ3) is 24.3. The molecule has 1 unspecified atom stereocenters. The van der Waals surface area contributed by atoms with Gasteiger partial charge in [-0.25, -0.2) is 37.5 Å². The number of aromatic amines is 1. The minimum atomic E-state index is -4.85. The Morgan fingerprint density at radius 3 is 1.42 bits per heavy atom. The summed E-state index contributed by atoms with van der Waals surface area (Å²) in [5.74, 6) is -8.13. The SMILES string of the molecule is CC[C@H]1O[C@@H](n2ccc3c(Cl)nc(Cl)nc32)[C@@H](F)[C@@H]1C.CC[C@H]1O[C@H](Br)[C@@H](F)[C@@H]1C.Clc1nc(Cl)c2cc[nH]c2n1.O=P(Cl)(Cl)CP(=O)(Cl)Cl.O=P(O)(O)CP(=O)(O)OC[C@H]1O[C@@H](n2cnc3c(NCc4ccccc4)nc(Cl)nc32)[C@@H](F)[C@@H]1O.OC[C@H]1O[C@@H](n2cnc3c(NCc4ccccc4)nc(Cl)nc32)[C@@H](F)[C@@H]1O. The van der Waals surface area contributed by atoms with Gasteiger partial charge in [0.25, 0.3) is 11.7 Å². The summed E-state index contributed by atoms with van der Waals surface area (Å²) in [7, 11) is -9.57. The number of hydrogen-bond acceptors (Lipinski definition) is 24. The predicted octanol–water partition coefficient (Wildman–Crippen LogP) is 16.8. The van der Waals surface area contributed by atoms with E-state index >= 15 is 0 Å². The number of hydrogen-bond donors (Lipinski definition) is 9. The molecule has 0 spiro atoms. The summed E-state index contributed by atoms with van der Waals surface area (Å²) in [5, 5.41) is 37.2. The van der Waals surface area contributed by atoms with Gasteiger partial charge in [0, 0.05) is 37.3 Å². The first-order valence-corrected chi connectivity index (χ1v) is 47.3. The minimum absolute atomic E-state index is 0.0347. The van der Waals surface area contributed by atoms with E-state index in [0.29, 0.717) is 46.3 Å². The fourth-order valence-corrected chi connectivity index (χ4v) is 25.1. The molecular formula is C62H69BrCl10F4N16O15P4. The van der Waals surface area contributed by atoms with Crippen LogP contribution >= 0.6 is 157 Å². The smallest absolute Gasteiger partial charge is 0.340 e. The van der Waals surface area contributed by atoms with E-state index in [-0.39, 0.29) is 78.0 Å². The largest absolute Gasteiger partial charge is 0.394 e. The second kappa shape index (κ2) is 40.1. The Balaban J connectivity index is 0.000000166. The fourth-order valence-electron chi connectivity index (χ4n) is 11.6. The number of benzene rings is 2. The standard InChI is InChI=1S/C18H21ClFN5O8P2.C17H17ClFN5O3.C13H14Cl2FN3O.C7H12BrFO.C6H3Cl2N3.CH2Cl4O2P2/c19-18-23-15(21-6-10-4-2-1-3-5-10)13-16(24-18)25(8-22-13)17-12(20)14(26)11(33-17)7-32-35(30,31)9-34(27,28)29;18-17-22-14(20-6-9-4-2-1-3-5-9)12-15(23-17)24(8-21-12)16-11(19)13(26)10(7-25)27-16;1-3-8-6(2)9(16)12(20-8)19-5-4-7-10(14)17-13(15)18-11(7)19;1-3-5-4(2)6(9)7(8)10-5;7-4-3-1-2-9-5(3)11-6(8)10-4;2-8(3,6)1-9(4,5)7/h1-5,8,11-12,14,17,26H,6-7,9H2,(H,30,31)(H,21,23,24)(H2,27,28,29);1-5,8,10-11,13,16,25-26H,6-7H2,(H,20,22,23);4-6,8-9,12H,3H2,1-2H3;4-7H,3H2,1-2H3;1-2H,(H,9,10,11);1H2/t11-,12+,14-,17-;10-,11+,13-,16-;6-,8-,9+,12-;4-,5-,6+,7+;;/m1111../s1. The molecule has 112 heavy (non-hydrogen) atoms. The van der Waals surface area contributed by atoms with Crippen molar-refractivity contribution in [1.82, 2.24) is 68.5 Å². The maximum Gasteiger partial charge on any atom is 0.340 e. The van der Waals surface area contributed by atoms with Crippen LogP contribution < -0.4 is 10.6 Å². The number of aliphatic hydroxyl groups is 3. The molecule has 31 nitrogen and oxygen atoms in total. The molecule has 2 aromatic carbocycles. The fraction of sp³-hybridized carbons (Fsp3) is 0.452. The first-order chi connectivity index (χ1) is 52.7. The highest BCUT2D eigenvalue weighted by Crippen LogP contribution is 2.72. The molecule has 0 aliphatic carbocycles. The van der Waals surface area contributed by atoms with Crippen LogP contribution in [-0.4, -0.2) is 190 Å². The average molecular weight is 1910 g/mol. The Kier molecular flexibility index (Phi) is 32.9. The molecule has 50 heteroatoms. The molecule has 12 heterocycles. The second-order valence-corrected chi connectivity index (χ2v) is 43.0. The number of aliphatic hydroxyl groups excluding tert-OH is 3. The number of halogens is 15. The van der Waals surface area contributed by atoms with Gasteiger partial charge in [-0.1, -0.05) is 127 Å². The van der Waals surface area contributed by atoms with Gasteiger partial charge in [0.05, 0.1) is 48.8 Å². The monoisotopic (exact) mass is 1910 g/mol. The number of fused-ring (bicyclic) bond motifs is 4. The lowest BCUT2D eigenvalue weighted by Crippen LogP contribution is -2.31. The minimum Gasteiger partial charge on any atom is -0.394 e. The lowest BCUT2D eigenvalue weighted by molar-refractivity contribution is -0.0459. The molecule has 14 rings (SSSR count). The van der Waals surface area contributed by atoms with E-state index in [4.69, 9.17) is 143 Å². The normalized spacial score (nSPS) is 25.6. The van der Waals surface area contributed by atoms with Crippen molar-refractivity contribution in [3.63, 3.8) is 0 Å². The predicted molar refractivity (Wildman–Crippen MR) is 423 cm³/mol. The van der Waals surface area contributed by atoms with Crippen molar-refractivity contribution in [1.29, 1.82) is 0 Å². The molecule has 4 fully saturated rings. The highest BCUT2D eigenvalue weighted by Gasteiger charge is 2.49. The Morgan fingerprint density at radius 2 is 0.982 bits per heavy atom. The maximum atomic E-state index is 15.0. The van der Waals surface area contributed by atoms with Crippen LogP contribution in [-0.2, 0) is 54.8 Å². The van der Waals surface area contributed by atoms with Crippen molar-refractivity contribution in [2.75, 3.05) is 35.7 Å². The van der Waals surface area contributed by atoms with E-state index in [2.05, 4.69) is 85.9 Å². The third-order valence-electron chi connectivity index (χ3n) is 17.1. The van der Waals surface area contributed by atoms with Crippen LogP contribution in [0.3, 0.4) is 0 Å². The molecular weight excluding hydrogens is 1840 g/mol. The average Bonchev–Trinajstić information content (AvgIpc) is 1.59. The van der Waals surface area contributed by atoms with Crippen molar-refractivity contribution in [2.45, 2.75) is 139 Å². The van der Waals surface area contributed by atoms with E-state index in [9.17, 15) is 56.0 Å². The van der Waals surface area contributed by atoms with Crippen molar-refractivity contribution < 1.29 is 89.3 Å². The van der Waals surface area contributed by atoms with Crippen LogP contribution in [0.2, 0.25) is 31.4 Å². The molecule has 612 valence electrons. The van der Waals surface area contributed by atoms with Crippen molar-refractivity contribution >= 4 is 213 Å². The summed E-state index contributed by atoms with van der Waals surface area (Å²) in [4.78, 5) is 70.9. The Bertz CT molecular complexity index is 5010. The van der Waals surface area contributed by atoms with Gasteiger partial charge >= 0.3 is 15.2 Å². The zero-order chi connectivity index (χ0) is 82.1. The van der Waals surface area contributed by atoms with Gasteiger partial charge in [0.15, 0.2) is 77.1 Å². The number of ether oxygens (including phenoxy) is 4. The summed E-state index contributed by atoms with van der Waals surface area (Å²) in [6, 6.07) is 22.7. The van der Waals surface area contributed by atoms with Gasteiger partial charge in [-0.05, 0) is 127 Å². The van der Waals surface area contributed by atoms with Gasteiger partial charge in [0.2, 0.25) is 21.1 Å². The number of anilines is 2. The number of H-pyrrole nitrogens is 1. The summed E-state index contributed by atoms with van der Waals surface area (Å²) >= 11 is 58.4. The van der Waals surface area contributed by atoms with Crippen molar-refractivity contribution in [3.05, 3.63) is 140 Å². The summed E-state index contributed by atoms with van der Waals surface area (Å²) in [5.41, 5.74) is 4.19. The molecule has 0 radical (unpaired) electrons. The van der Waals surface area contributed by atoms with E-state index < -0.39 is 120 Å². The lowest BCUT2D eigenvalue weighted by Gasteiger charge is -2.18. The Hall–Kier alpha value is -4.04. The molecule has 17 atom stereocenters. The van der Waals surface area contributed by atoms with E-state index in [0.717, 1.165) is 29.4 Å². The molecule has 8 aromatic heterocycles. The number of nitrogens with zero attached hydrogens (tertiary/aromatic N) is 13. The highest BCUT2D eigenvalue weighted by molar-refractivity contribution is 9.09. The number of aromatic nitrogens is 14. The van der Waals surface area contributed by atoms with Crippen LogP contribution in [0.25, 0.3) is 44.4 Å². The van der Waals surface area contributed by atoms with Gasteiger partial charge in [-0.3, -0.25) is 27.4 Å². The number of alkyl halides is 5. The zero-order valence-corrected chi connectivity index (χ0v) is 71.0. The van der Waals surface area contributed by atoms with Crippen LogP contribution in [0.5, 0.6) is 0 Å². The second-order valence-electron chi connectivity index (χ2n) is 25.0. The third-order valence-corrected chi connectivity index (χ3v) is 29.0. The molecule has 0 amide bonds. The molecule has 9 N–H and O–H groups in total. The van der Waals surface area contributed by atoms with Gasteiger partial charge in [0.1, 0.15) is 63.1 Å². The van der Waals surface area contributed by atoms with Crippen molar-refractivity contribution in [2.24, 2.45) is 11.8 Å². The van der Waals surface area contributed by atoms with Crippen LogP contribution in [0.4, 0.5) is 29.2 Å². The number of rotatable bonds is 19. The maximum absolute atomic E-state index is 15.0. The van der Waals surface area contributed by atoms with Crippen LogP contribution in [0, 0.1) is 11.8 Å². The van der Waals surface area contributed by atoms with Crippen molar-refractivity contribution in [3.8, 4) is 0 Å². The first-order valence-electron chi connectivity index (χ1n) is 33.2. The summed E-state index contributed by atoms with van der Waals surface area (Å²) in [6.07, 6.45) is -6.98. The van der Waals surface area contributed by atoms with E-state index in [1.807, 2.05) is 88.4 Å². The quantitative estimate of drug-likeness (QED) is 0.0119. The zero-order valence-electron chi connectivity index (χ0n) is 58.3. The Labute approximate surface area is 692 Å². The molecule has 0 bridgehead atoms. The van der Waals surface area contributed by atoms with E-state index in [1.54, 1.807) is 29.1 Å². The highest BCUT2D eigenvalue weighted by atomic mass is 79.9. The summed E-state index contributed by atoms with van der Waals surface area (Å²) < 4.78 is 131. The number of nitrogens with one attached hydrogen (secondary N) is 3. The molecule has 0 saturated carbocycles. The molecule has 4 aliphatic heterocycles. The van der Waals surface area contributed by atoms with E-state index in [1.165, 1.54) is 21.8 Å². The van der Waals surface area contributed by atoms with Gasteiger partial charge in [-0.2, -0.15) is 29.9 Å². The van der Waals surface area contributed by atoms with Crippen LogP contribution in [0.1, 0.15) is 70.3 Å². The molecule has 4 aliphatic rings. The molecule has 4 saturated heterocycles. The van der Waals surface area contributed by atoms with Gasteiger partial charge < -0.3 is 73.7 Å². The van der Waals surface area contributed by atoms with Crippen LogP contribution in [0.15, 0.2) is 97.8 Å². The number of imidazole rings is 2. The lowest BCUT2D eigenvalue weighted by atomic mass is 10.00. The topological polar surface area (TPSA) is 419 Å².